The summed E-state index contributed by atoms with van der Waals surface area (Å²) in [6, 6.07) is 13.9. The average molecular weight is 414 g/mol. The molecule has 0 spiro atoms. The molecule has 0 aromatic heterocycles. The summed E-state index contributed by atoms with van der Waals surface area (Å²) in [7, 11) is 0. The predicted molar refractivity (Wildman–Crippen MR) is 120 cm³/mol. The smallest absolute Gasteiger partial charge is 0.261 e. The van der Waals surface area contributed by atoms with Gasteiger partial charge in [0.1, 0.15) is 5.75 Å². The molecule has 0 aliphatic rings. The molecule has 0 radical (unpaired) electrons. The second-order valence-electron chi connectivity index (χ2n) is 6.44. The third-order valence-electron chi connectivity index (χ3n) is 4.05. The van der Waals surface area contributed by atoms with Crippen LogP contribution >= 0.6 is 12.2 Å². The maximum absolute atomic E-state index is 12.6. The van der Waals surface area contributed by atoms with Crippen LogP contribution in [-0.2, 0) is 0 Å². The number of nitrogens with one attached hydrogen (secondary N) is 3. The summed E-state index contributed by atoms with van der Waals surface area (Å²) in [6.07, 6.45) is 2.82. The van der Waals surface area contributed by atoms with E-state index in [1.165, 1.54) is 0 Å². The van der Waals surface area contributed by atoms with E-state index in [9.17, 15) is 9.59 Å². The second-order valence-corrected chi connectivity index (χ2v) is 6.85. The monoisotopic (exact) mass is 413 g/mol. The van der Waals surface area contributed by atoms with Gasteiger partial charge in [0.2, 0.25) is 0 Å². The zero-order chi connectivity index (χ0) is 21.1. The van der Waals surface area contributed by atoms with Crippen molar-refractivity contribution < 1.29 is 14.3 Å². The maximum atomic E-state index is 12.6. The van der Waals surface area contributed by atoms with Crippen molar-refractivity contribution in [2.45, 2.75) is 33.1 Å². The number of ether oxygens (including phenoxy) is 1. The van der Waals surface area contributed by atoms with Gasteiger partial charge in [0.05, 0.1) is 12.2 Å². The molecule has 0 aliphatic carbocycles. The fourth-order valence-electron chi connectivity index (χ4n) is 2.48. The van der Waals surface area contributed by atoms with Gasteiger partial charge in [-0.3, -0.25) is 14.9 Å². The van der Waals surface area contributed by atoms with Crippen molar-refractivity contribution >= 4 is 34.8 Å². The normalized spacial score (nSPS) is 10.1. The van der Waals surface area contributed by atoms with Crippen LogP contribution in [0.25, 0.3) is 0 Å². The molecule has 2 rings (SSSR count). The van der Waals surface area contributed by atoms with Crippen molar-refractivity contribution in [1.82, 2.24) is 10.6 Å². The number of para-hydroxylation sites is 1. The Hall–Kier alpha value is -2.93. The first-order valence-corrected chi connectivity index (χ1v) is 10.2. The highest BCUT2D eigenvalue weighted by molar-refractivity contribution is 7.80. The minimum Gasteiger partial charge on any atom is -0.493 e. The predicted octanol–water partition coefficient (Wildman–Crippen LogP) is 4.13. The van der Waals surface area contributed by atoms with Crippen molar-refractivity contribution in [2.75, 3.05) is 18.5 Å². The lowest BCUT2D eigenvalue weighted by Crippen LogP contribution is -2.34. The first-order valence-electron chi connectivity index (χ1n) is 9.77. The second kappa shape index (κ2) is 11.8. The average Bonchev–Trinajstić information content (AvgIpc) is 2.73. The lowest BCUT2D eigenvalue weighted by molar-refractivity contribution is 0.0950. The van der Waals surface area contributed by atoms with Gasteiger partial charge in [-0.1, -0.05) is 32.4 Å². The van der Waals surface area contributed by atoms with Gasteiger partial charge in [-0.2, -0.15) is 0 Å². The molecule has 0 saturated heterocycles. The molecule has 0 atom stereocenters. The quantitative estimate of drug-likeness (QED) is 0.425. The van der Waals surface area contributed by atoms with E-state index in [4.69, 9.17) is 17.0 Å². The van der Waals surface area contributed by atoms with Crippen molar-refractivity contribution in [2.24, 2.45) is 0 Å². The number of thiocarbonyl (C=S) groups is 1. The van der Waals surface area contributed by atoms with Crippen LogP contribution in [0, 0.1) is 0 Å². The first kappa shape index (κ1) is 22.4. The third-order valence-corrected chi connectivity index (χ3v) is 4.26. The van der Waals surface area contributed by atoms with Gasteiger partial charge in [-0.05, 0) is 61.5 Å². The molecule has 0 heterocycles. The number of anilines is 1. The number of amides is 2. The maximum Gasteiger partial charge on any atom is 0.261 e. The van der Waals surface area contributed by atoms with E-state index >= 15 is 0 Å². The summed E-state index contributed by atoms with van der Waals surface area (Å²) in [4.78, 5) is 24.5. The minimum atomic E-state index is -0.342. The molecule has 2 aromatic rings. The van der Waals surface area contributed by atoms with Crippen LogP contribution in [0.15, 0.2) is 48.5 Å². The molecule has 0 saturated carbocycles. The van der Waals surface area contributed by atoms with Gasteiger partial charge in [0.25, 0.3) is 11.8 Å². The number of rotatable bonds is 9. The number of hydrogen-bond donors (Lipinski definition) is 3. The summed E-state index contributed by atoms with van der Waals surface area (Å²) in [5, 5.41) is 8.60. The Kier molecular flexibility index (Phi) is 9.11. The Morgan fingerprint density at radius 1 is 0.966 bits per heavy atom. The van der Waals surface area contributed by atoms with Crippen LogP contribution in [0.2, 0.25) is 0 Å². The number of carbonyl (C=O) groups excluding carboxylic acids is 2. The van der Waals surface area contributed by atoms with Gasteiger partial charge < -0.3 is 15.4 Å². The Labute approximate surface area is 177 Å². The summed E-state index contributed by atoms with van der Waals surface area (Å²) in [6.45, 7) is 5.27. The van der Waals surface area contributed by atoms with E-state index < -0.39 is 0 Å². The summed E-state index contributed by atoms with van der Waals surface area (Å²) in [5.41, 5.74) is 1.67. The van der Waals surface area contributed by atoms with Gasteiger partial charge in [0.15, 0.2) is 5.11 Å². The highest BCUT2D eigenvalue weighted by Gasteiger charge is 2.14. The van der Waals surface area contributed by atoms with E-state index in [1.807, 2.05) is 13.0 Å². The number of hydrogen-bond acceptors (Lipinski definition) is 4. The summed E-state index contributed by atoms with van der Waals surface area (Å²) >= 11 is 5.24. The molecular weight excluding hydrogens is 386 g/mol. The van der Waals surface area contributed by atoms with E-state index in [-0.39, 0.29) is 16.9 Å². The van der Waals surface area contributed by atoms with E-state index in [1.54, 1.807) is 42.5 Å². The van der Waals surface area contributed by atoms with Crippen LogP contribution in [0.1, 0.15) is 53.8 Å². The molecule has 0 bridgehead atoms. The lowest BCUT2D eigenvalue weighted by atomic mass is 10.2. The summed E-state index contributed by atoms with van der Waals surface area (Å²) in [5.74, 6) is 0.0721. The fourth-order valence-corrected chi connectivity index (χ4v) is 2.70. The van der Waals surface area contributed by atoms with Crippen LogP contribution < -0.4 is 20.7 Å². The zero-order valence-electron chi connectivity index (χ0n) is 16.8. The molecular formula is C22H27N3O3S. The number of carbonyl (C=O) groups is 2. The Morgan fingerprint density at radius 3 is 2.38 bits per heavy atom. The highest BCUT2D eigenvalue weighted by Crippen LogP contribution is 2.18. The molecule has 0 aliphatic heterocycles. The molecule has 0 fully saturated rings. The minimum absolute atomic E-state index is 0.117. The fraction of sp³-hybridized carbons (Fsp3) is 0.318. The molecule has 2 amide bonds. The van der Waals surface area contributed by atoms with Crippen molar-refractivity contribution in [3.05, 3.63) is 59.7 Å². The Bertz CT molecular complexity index is 837. The van der Waals surface area contributed by atoms with Gasteiger partial charge in [-0.25, -0.2) is 0 Å². The highest BCUT2D eigenvalue weighted by atomic mass is 32.1. The molecule has 2 aromatic carbocycles. The first-order chi connectivity index (χ1) is 14.0. The van der Waals surface area contributed by atoms with Crippen molar-refractivity contribution in [1.29, 1.82) is 0 Å². The molecule has 3 N–H and O–H groups in total. The largest absolute Gasteiger partial charge is 0.493 e. The Morgan fingerprint density at radius 2 is 1.69 bits per heavy atom. The van der Waals surface area contributed by atoms with Crippen molar-refractivity contribution in [3.8, 4) is 5.75 Å². The van der Waals surface area contributed by atoms with Gasteiger partial charge in [0, 0.05) is 17.8 Å². The molecule has 154 valence electrons. The number of benzene rings is 2. The molecule has 29 heavy (non-hydrogen) atoms. The number of unbranched alkanes of at least 4 members (excludes halogenated alkanes) is 1. The van der Waals surface area contributed by atoms with Crippen LogP contribution in [0.5, 0.6) is 5.75 Å². The van der Waals surface area contributed by atoms with E-state index in [0.29, 0.717) is 35.7 Å². The zero-order valence-corrected chi connectivity index (χ0v) is 17.6. The topological polar surface area (TPSA) is 79.5 Å². The molecule has 7 heteroatoms. The van der Waals surface area contributed by atoms with Crippen molar-refractivity contribution in [3.63, 3.8) is 0 Å². The van der Waals surface area contributed by atoms with E-state index in [0.717, 1.165) is 19.3 Å². The van der Waals surface area contributed by atoms with Crippen LogP contribution in [-0.4, -0.2) is 30.1 Å². The van der Waals surface area contributed by atoms with Gasteiger partial charge >= 0.3 is 0 Å². The third kappa shape index (κ3) is 7.19. The molecule has 6 nitrogen and oxygen atoms in total. The van der Waals surface area contributed by atoms with E-state index in [2.05, 4.69) is 22.9 Å². The standard InChI is InChI=1S/C22H27N3O3S/c1-3-5-15-28-19-9-7-6-8-18(19)21(27)25-22(29)24-17-12-10-16(11-13-17)20(26)23-14-4-2/h6-13H,3-5,14-15H2,1-2H3,(H,23,26)(H2,24,25,27,29). The van der Waals surface area contributed by atoms with Crippen LogP contribution in [0.4, 0.5) is 5.69 Å². The molecule has 0 unspecified atom stereocenters. The SMILES string of the molecule is CCCCOc1ccccc1C(=O)NC(=S)Nc1ccc(C(=O)NCCC)cc1. The van der Waals surface area contributed by atoms with Crippen LogP contribution in [0.3, 0.4) is 0 Å². The Balaban J connectivity index is 1.94. The lowest BCUT2D eigenvalue weighted by Gasteiger charge is -2.13. The summed E-state index contributed by atoms with van der Waals surface area (Å²) < 4.78 is 5.70. The van der Waals surface area contributed by atoms with Gasteiger partial charge in [-0.15, -0.1) is 0 Å².